The summed E-state index contributed by atoms with van der Waals surface area (Å²) in [5.74, 6) is -0.831. The molecule has 0 saturated carbocycles. The van der Waals surface area contributed by atoms with Crippen molar-refractivity contribution in [3.8, 4) is 0 Å². The molecule has 3 N–H and O–H groups in total. The first kappa shape index (κ1) is 21.9. The maximum atomic E-state index is 13.0. The minimum Gasteiger partial charge on any atom is -0.326 e. The number of nitrogens with one attached hydrogen (secondary N) is 3. The lowest BCUT2D eigenvalue weighted by Crippen LogP contribution is -3.15. The molecule has 2 amide bonds. The molecule has 30 heavy (non-hydrogen) atoms. The molecule has 1 heterocycles. The molecule has 8 nitrogen and oxygen atoms in total. The molecule has 1 saturated heterocycles. The average molecular weight is 436 g/mol. The summed E-state index contributed by atoms with van der Waals surface area (Å²) in [6.07, 6.45) is 0. The maximum Gasteiger partial charge on any atom is 0.279 e. The Bertz CT molecular complexity index is 1000. The number of hydrogen-bond acceptors (Lipinski definition) is 4. The van der Waals surface area contributed by atoms with Crippen LogP contribution in [0.4, 0.5) is 15.8 Å². The van der Waals surface area contributed by atoms with Gasteiger partial charge in [-0.2, -0.15) is 4.31 Å². The predicted octanol–water partition coefficient (Wildman–Crippen LogP) is 0.312. The number of nitrogens with zero attached hydrogens (tertiary/aromatic N) is 1. The lowest BCUT2D eigenvalue weighted by atomic mass is 10.2. The van der Waals surface area contributed by atoms with Crippen molar-refractivity contribution in [1.82, 2.24) is 4.31 Å². The Kier molecular flexibility index (Phi) is 6.80. The number of quaternary nitrogens is 1. The summed E-state index contributed by atoms with van der Waals surface area (Å²) in [7, 11) is -3.67. The fraction of sp³-hybridized carbons (Fsp3) is 0.300. The zero-order valence-corrected chi connectivity index (χ0v) is 17.3. The van der Waals surface area contributed by atoms with Crippen molar-refractivity contribution in [2.45, 2.75) is 11.8 Å². The van der Waals surface area contributed by atoms with Crippen LogP contribution in [0.15, 0.2) is 53.4 Å². The van der Waals surface area contributed by atoms with E-state index >= 15 is 0 Å². The molecule has 1 aliphatic heterocycles. The second-order valence-corrected chi connectivity index (χ2v) is 9.03. The van der Waals surface area contributed by atoms with Gasteiger partial charge in [0.05, 0.1) is 31.1 Å². The van der Waals surface area contributed by atoms with Crippen LogP contribution < -0.4 is 15.5 Å². The van der Waals surface area contributed by atoms with Crippen LogP contribution in [-0.4, -0.2) is 57.3 Å². The number of carbonyl (C=O) groups is 2. The predicted molar refractivity (Wildman–Crippen MR) is 110 cm³/mol. The van der Waals surface area contributed by atoms with Crippen LogP contribution >= 0.6 is 0 Å². The number of benzene rings is 2. The molecule has 0 radical (unpaired) electrons. The zero-order chi connectivity index (χ0) is 21.7. The van der Waals surface area contributed by atoms with Crippen molar-refractivity contribution in [1.29, 1.82) is 0 Å². The Morgan fingerprint density at radius 2 is 1.50 bits per heavy atom. The van der Waals surface area contributed by atoms with E-state index in [4.69, 9.17) is 0 Å². The van der Waals surface area contributed by atoms with Gasteiger partial charge in [0.25, 0.3) is 5.91 Å². The Morgan fingerprint density at radius 1 is 0.967 bits per heavy atom. The number of hydrogen-bond donors (Lipinski definition) is 3. The molecule has 0 unspecified atom stereocenters. The molecule has 0 aromatic heterocycles. The topological polar surface area (TPSA) is 100 Å². The minimum absolute atomic E-state index is 0.0628. The average Bonchev–Trinajstić information content (AvgIpc) is 2.70. The standard InChI is InChI=1S/C20H23FN4O4S/c1-15(26)22-17-4-6-18(7-5-17)23-20(27)14-24-10-12-25(13-11-24)30(28,29)19-8-2-16(21)3-9-19/h2-9H,10-14H2,1H3,(H,22,26)(H,23,27)/p+1. The van der Waals surface area contributed by atoms with Gasteiger partial charge in [-0.3, -0.25) is 9.59 Å². The first-order valence-corrected chi connectivity index (χ1v) is 10.9. The van der Waals surface area contributed by atoms with Gasteiger partial charge in [0, 0.05) is 18.3 Å². The van der Waals surface area contributed by atoms with E-state index in [9.17, 15) is 22.4 Å². The Hall–Kier alpha value is -2.82. The fourth-order valence-corrected chi connectivity index (χ4v) is 4.69. The van der Waals surface area contributed by atoms with Crippen LogP contribution in [0.1, 0.15) is 6.92 Å². The Balaban J connectivity index is 1.50. The van der Waals surface area contributed by atoms with Crippen molar-refractivity contribution < 1.29 is 27.3 Å². The maximum absolute atomic E-state index is 13.0. The van der Waals surface area contributed by atoms with Gasteiger partial charge in [0.2, 0.25) is 15.9 Å². The van der Waals surface area contributed by atoms with Gasteiger partial charge in [0.15, 0.2) is 6.54 Å². The monoisotopic (exact) mass is 435 g/mol. The number of amides is 2. The molecule has 0 bridgehead atoms. The van der Waals surface area contributed by atoms with E-state index in [0.717, 1.165) is 17.0 Å². The molecular weight excluding hydrogens is 411 g/mol. The van der Waals surface area contributed by atoms with Crippen molar-refractivity contribution in [2.24, 2.45) is 0 Å². The van der Waals surface area contributed by atoms with E-state index in [-0.39, 0.29) is 36.3 Å². The second-order valence-electron chi connectivity index (χ2n) is 7.09. The van der Waals surface area contributed by atoms with Gasteiger partial charge in [0.1, 0.15) is 5.82 Å². The number of piperazine rings is 1. The summed E-state index contributed by atoms with van der Waals surface area (Å²) in [6.45, 7) is 3.20. The molecule has 3 rings (SSSR count). The van der Waals surface area contributed by atoms with Crippen LogP contribution in [0.25, 0.3) is 0 Å². The summed E-state index contributed by atoms with van der Waals surface area (Å²) in [5.41, 5.74) is 1.26. The number of rotatable bonds is 6. The van der Waals surface area contributed by atoms with Crippen LogP contribution in [0.3, 0.4) is 0 Å². The second kappa shape index (κ2) is 9.33. The smallest absolute Gasteiger partial charge is 0.279 e. The Morgan fingerprint density at radius 3 is 2.03 bits per heavy atom. The number of anilines is 2. The number of carbonyl (C=O) groups excluding carboxylic acids is 2. The molecule has 160 valence electrons. The highest BCUT2D eigenvalue weighted by Gasteiger charge is 2.31. The molecule has 1 aliphatic rings. The van der Waals surface area contributed by atoms with E-state index in [1.165, 1.54) is 23.4 Å². The molecule has 1 fully saturated rings. The van der Waals surface area contributed by atoms with Gasteiger partial charge in [-0.05, 0) is 48.5 Å². The highest BCUT2D eigenvalue weighted by Crippen LogP contribution is 2.16. The molecular formula is C20H24FN4O4S+. The SMILES string of the molecule is CC(=O)Nc1ccc(NC(=O)C[NH+]2CCN(S(=O)(=O)c3ccc(F)cc3)CC2)cc1. The first-order valence-electron chi connectivity index (χ1n) is 9.51. The van der Waals surface area contributed by atoms with Crippen LogP contribution in [-0.2, 0) is 19.6 Å². The third-order valence-corrected chi connectivity index (χ3v) is 6.69. The van der Waals surface area contributed by atoms with Gasteiger partial charge in [-0.1, -0.05) is 0 Å². The van der Waals surface area contributed by atoms with E-state index in [1.807, 2.05) is 0 Å². The van der Waals surface area contributed by atoms with Gasteiger partial charge in [-0.25, -0.2) is 12.8 Å². The number of halogens is 1. The Labute approximate surface area is 174 Å². The largest absolute Gasteiger partial charge is 0.326 e. The lowest BCUT2D eigenvalue weighted by molar-refractivity contribution is -0.895. The molecule has 2 aromatic rings. The summed E-state index contributed by atoms with van der Waals surface area (Å²) >= 11 is 0. The van der Waals surface area contributed by atoms with Crippen LogP contribution in [0, 0.1) is 5.82 Å². The van der Waals surface area contributed by atoms with E-state index < -0.39 is 15.8 Å². The fourth-order valence-electron chi connectivity index (χ4n) is 3.25. The molecule has 2 aromatic carbocycles. The minimum atomic E-state index is -3.67. The van der Waals surface area contributed by atoms with Gasteiger partial charge < -0.3 is 15.5 Å². The van der Waals surface area contributed by atoms with Gasteiger partial charge in [-0.15, -0.1) is 0 Å². The highest BCUT2D eigenvalue weighted by molar-refractivity contribution is 7.89. The quantitative estimate of drug-likeness (QED) is 0.608. The summed E-state index contributed by atoms with van der Waals surface area (Å²) < 4.78 is 39.7. The zero-order valence-electron chi connectivity index (χ0n) is 16.5. The van der Waals surface area contributed by atoms with E-state index in [2.05, 4.69) is 10.6 Å². The van der Waals surface area contributed by atoms with E-state index in [1.54, 1.807) is 24.3 Å². The van der Waals surface area contributed by atoms with Crippen molar-refractivity contribution >= 4 is 33.2 Å². The van der Waals surface area contributed by atoms with Crippen molar-refractivity contribution in [2.75, 3.05) is 43.4 Å². The first-order chi connectivity index (χ1) is 14.2. The third-order valence-electron chi connectivity index (χ3n) is 4.78. The molecule has 0 atom stereocenters. The van der Waals surface area contributed by atoms with Crippen molar-refractivity contribution in [3.05, 3.63) is 54.3 Å². The van der Waals surface area contributed by atoms with Gasteiger partial charge >= 0.3 is 0 Å². The van der Waals surface area contributed by atoms with Crippen molar-refractivity contribution in [3.63, 3.8) is 0 Å². The highest BCUT2D eigenvalue weighted by atomic mass is 32.2. The molecule has 10 heteroatoms. The van der Waals surface area contributed by atoms with Crippen LogP contribution in [0.2, 0.25) is 0 Å². The molecule has 0 aliphatic carbocycles. The summed E-state index contributed by atoms with van der Waals surface area (Å²) in [5, 5.41) is 5.46. The molecule has 0 spiro atoms. The third kappa shape index (κ3) is 5.62. The number of sulfonamides is 1. The van der Waals surface area contributed by atoms with Crippen LogP contribution in [0.5, 0.6) is 0 Å². The summed E-state index contributed by atoms with van der Waals surface area (Å²) in [6, 6.07) is 11.6. The normalized spacial score (nSPS) is 15.5. The van der Waals surface area contributed by atoms with E-state index in [0.29, 0.717) is 24.5 Å². The summed E-state index contributed by atoms with van der Waals surface area (Å²) in [4.78, 5) is 24.4. The lowest BCUT2D eigenvalue weighted by Gasteiger charge is -2.31.